The molecule has 0 saturated heterocycles. The molecule has 2 amide bonds. The van der Waals surface area contributed by atoms with E-state index in [4.69, 9.17) is 9.94 Å². The summed E-state index contributed by atoms with van der Waals surface area (Å²) in [5, 5.41) is 11.5. The van der Waals surface area contributed by atoms with E-state index in [-0.39, 0.29) is 35.4 Å². The van der Waals surface area contributed by atoms with E-state index in [1.807, 2.05) is 0 Å². The summed E-state index contributed by atoms with van der Waals surface area (Å²) in [6, 6.07) is 13.9. The first-order chi connectivity index (χ1) is 17.9. The number of carbonyl (C=O) groups is 2. The first kappa shape index (κ1) is 28.5. The number of alkyl halides is 6. The molecule has 6 nitrogen and oxygen atoms in total. The van der Waals surface area contributed by atoms with Crippen LogP contribution in [0.5, 0.6) is 5.75 Å². The molecule has 38 heavy (non-hydrogen) atoms. The van der Waals surface area contributed by atoms with Crippen molar-refractivity contribution >= 4 is 11.8 Å². The standard InChI is InChI=1S/C26H22F6N2O4/c27-25(28,29)18-8-6-16(7-9-18)14-21(24(37)33-12-13-35)20-15-19(26(30,31)32)10-11-22(20)38-34-23(36)17-4-2-1-3-5-17/h1-11,15,21,35H,12-14H2,(H,33,37)(H,34,36)/t21-/m0/s1. The summed E-state index contributed by atoms with van der Waals surface area (Å²) in [5.41, 5.74) is 0.220. The highest BCUT2D eigenvalue weighted by Crippen LogP contribution is 2.37. The van der Waals surface area contributed by atoms with Gasteiger partial charge in [0.05, 0.1) is 23.7 Å². The van der Waals surface area contributed by atoms with Crippen molar-refractivity contribution in [1.82, 2.24) is 10.8 Å². The van der Waals surface area contributed by atoms with Crippen LogP contribution < -0.4 is 15.6 Å². The van der Waals surface area contributed by atoms with Gasteiger partial charge < -0.3 is 15.3 Å². The van der Waals surface area contributed by atoms with Crippen LogP contribution in [0.2, 0.25) is 0 Å². The number of hydrogen-bond donors (Lipinski definition) is 3. The molecule has 3 N–H and O–H groups in total. The van der Waals surface area contributed by atoms with E-state index in [1.165, 1.54) is 12.1 Å². The second-order valence-corrected chi connectivity index (χ2v) is 8.12. The zero-order chi connectivity index (χ0) is 27.9. The van der Waals surface area contributed by atoms with Gasteiger partial charge in [0.2, 0.25) is 5.91 Å². The van der Waals surface area contributed by atoms with Gasteiger partial charge in [0, 0.05) is 17.7 Å². The third-order valence-corrected chi connectivity index (χ3v) is 5.45. The molecule has 0 radical (unpaired) electrons. The Labute approximate surface area is 213 Å². The Morgan fingerprint density at radius 2 is 1.45 bits per heavy atom. The summed E-state index contributed by atoms with van der Waals surface area (Å²) >= 11 is 0. The quantitative estimate of drug-likeness (QED) is 0.267. The molecule has 0 unspecified atom stereocenters. The van der Waals surface area contributed by atoms with Crippen LogP contribution in [0.1, 0.15) is 38.5 Å². The average molecular weight is 540 g/mol. The summed E-state index contributed by atoms with van der Waals surface area (Å²) < 4.78 is 79.5. The number of aliphatic hydroxyl groups excluding tert-OH is 1. The zero-order valence-corrected chi connectivity index (χ0v) is 19.6. The topological polar surface area (TPSA) is 87.7 Å². The molecule has 0 saturated carbocycles. The minimum atomic E-state index is -4.79. The molecule has 0 aliphatic rings. The van der Waals surface area contributed by atoms with Crippen LogP contribution in [0.3, 0.4) is 0 Å². The Morgan fingerprint density at radius 1 is 0.842 bits per heavy atom. The van der Waals surface area contributed by atoms with Crippen molar-refractivity contribution in [3.8, 4) is 5.75 Å². The van der Waals surface area contributed by atoms with Crippen molar-refractivity contribution in [2.24, 2.45) is 0 Å². The minimum Gasteiger partial charge on any atom is -0.395 e. The van der Waals surface area contributed by atoms with Crippen LogP contribution in [0, 0.1) is 0 Å². The zero-order valence-electron chi connectivity index (χ0n) is 19.6. The van der Waals surface area contributed by atoms with Crippen molar-refractivity contribution in [2.75, 3.05) is 13.2 Å². The average Bonchev–Trinajstić information content (AvgIpc) is 2.88. The molecular weight excluding hydrogens is 518 g/mol. The van der Waals surface area contributed by atoms with Gasteiger partial charge in [-0.2, -0.15) is 31.8 Å². The summed E-state index contributed by atoms with van der Waals surface area (Å²) in [4.78, 5) is 30.7. The third-order valence-electron chi connectivity index (χ3n) is 5.45. The van der Waals surface area contributed by atoms with E-state index >= 15 is 0 Å². The molecule has 202 valence electrons. The highest BCUT2D eigenvalue weighted by Gasteiger charge is 2.34. The van der Waals surface area contributed by atoms with Crippen molar-refractivity contribution in [2.45, 2.75) is 24.7 Å². The van der Waals surface area contributed by atoms with Crippen LogP contribution in [0.4, 0.5) is 26.3 Å². The minimum absolute atomic E-state index is 0.197. The number of nitrogens with one attached hydrogen (secondary N) is 2. The molecule has 0 aromatic heterocycles. The number of rotatable bonds is 9. The lowest BCUT2D eigenvalue weighted by molar-refractivity contribution is -0.138. The predicted molar refractivity (Wildman–Crippen MR) is 124 cm³/mol. The lowest BCUT2D eigenvalue weighted by Crippen LogP contribution is -2.34. The predicted octanol–water partition coefficient (Wildman–Crippen LogP) is 4.88. The van der Waals surface area contributed by atoms with Gasteiger partial charge in [-0.1, -0.05) is 30.3 Å². The van der Waals surface area contributed by atoms with Gasteiger partial charge in [0.15, 0.2) is 5.75 Å². The molecule has 0 heterocycles. The Kier molecular flexibility index (Phi) is 9.00. The monoisotopic (exact) mass is 540 g/mol. The lowest BCUT2D eigenvalue weighted by Gasteiger charge is -2.22. The summed E-state index contributed by atoms with van der Waals surface area (Å²) in [6.07, 6.45) is -9.70. The van der Waals surface area contributed by atoms with Gasteiger partial charge in [-0.15, -0.1) is 0 Å². The van der Waals surface area contributed by atoms with E-state index in [0.717, 1.165) is 30.3 Å². The molecule has 0 aliphatic heterocycles. The SMILES string of the molecule is O=C(NOc1ccc(C(F)(F)F)cc1[C@H](Cc1ccc(C(F)(F)F)cc1)C(=O)NCCO)c1ccccc1. The van der Waals surface area contributed by atoms with E-state index in [2.05, 4.69) is 10.8 Å². The van der Waals surface area contributed by atoms with Crippen molar-refractivity contribution in [3.05, 3.63) is 101 Å². The van der Waals surface area contributed by atoms with Crippen molar-refractivity contribution in [1.29, 1.82) is 0 Å². The fourth-order valence-electron chi connectivity index (χ4n) is 3.55. The van der Waals surface area contributed by atoms with Crippen LogP contribution in [-0.4, -0.2) is 30.1 Å². The van der Waals surface area contributed by atoms with Crippen LogP contribution in [0.25, 0.3) is 0 Å². The molecule has 1 atom stereocenters. The maximum Gasteiger partial charge on any atom is 0.416 e. The number of carbonyl (C=O) groups excluding carboxylic acids is 2. The maximum atomic E-state index is 13.5. The largest absolute Gasteiger partial charge is 0.416 e. The summed E-state index contributed by atoms with van der Waals surface area (Å²) in [5.74, 6) is -3.18. The van der Waals surface area contributed by atoms with Crippen LogP contribution in [0.15, 0.2) is 72.8 Å². The molecule has 3 aromatic rings. The molecule has 3 aromatic carbocycles. The number of hydroxylamine groups is 1. The number of halogens is 6. The molecule has 0 fully saturated rings. The van der Waals surface area contributed by atoms with Gasteiger partial charge in [-0.25, -0.2) is 0 Å². The summed E-state index contributed by atoms with van der Waals surface area (Å²) in [7, 11) is 0. The molecule has 0 bridgehead atoms. The Balaban J connectivity index is 2.00. The Morgan fingerprint density at radius 3 is 2.03 bits per heavy atom. The second-order valence-electron chi connectivity index (χ2n) is 8.12. The molecule has 3 rings (SSSR count). The number of hydrogen-bond acceptors (Lipinski definition) is 4. The van der Waals surface area contributed by atoms with E-state index in [0.29, 0.717) is 12.1 Å². The highest BCUT2D eigenvalue weighted by atomic mass is 19.4. The van der Waals surface area contributed by atoms with Gasteiger partial charge in [-0.3, -0.25) is 9.59 Å². The van der Waals surface area contributed by atoms with Gasteiger partial charge >= 0.3 is 12.4 Å². The van der Waals surface area contributed by atoms with Crippen LogP contribution >= 0.6 is 0 Å². The fourth-order valence-corrected chi connectivity index (χ4v) is 3.55. The smallest absolute Gasteiger partial charge is 0.395 e. The number of benzene rings is 3. The van der Waals surface area contributed by atoms with E-state index in [1.54, 1.807) is 18.2 Å². The normalized spacial score (nSPS) is 12.5. The Hall–Kier alpha value is -4.06. The Bertz CT molecular complexity index is 1250. The molecule has 12 heteroatoms. The second kappa shape index (κ2) is 12.0. The maximum absolute atomic E-state index is 13.5. The summed E-state index contributed by atoms with van der Waals surface area (Å²) in [6.45, 7) is -0.680. The highest BCUT2D eigenvalue weighted by molar-refractivity contribution is 5.93. The van der Waals surface area contributed by atoms with Gasteiger partial charge in [-0.05, 0) is 54.4 Å². The van der Waals surface area contributed by atoms with Crippen molar-refractivity contribution < 1.29 is 45.9 Å². The van der Waals surface area contributed by atoms with Crippen LogP contribution in [-0.2, 0) is 23.6 Å². The third kappa shape index (κ3) is 7.48. The number of amides is 2. The molecule has 0 spiro atoms. The van der Waals surface area contributed by atoms with Gasteiger partial charge in [0.25, 0.3) is 5.91 Å². The number of aliphatic hydroxyl groups is 1. The van der Waals surface area contributed by atoms with Gasteiger partial charge in [0.1, 0.15) is 0 Å². The first-order valence-electron chi connectivity index (χ1n) is 11.2. The lowest BCUT2D eigenvalue weighted by atomic mass is 9.89. The molecule has 0 aliphatic carbocycles. The van der Waals surface area contributed by atoms with Crippen molar-refractivity contribution in [3.63, 3.8) is 0 Å². The van der Waals surface area contributed by atoms with E-state index in [9.17, 15) is 35.9 Å². The first-order valence-corrected chi connectivity index (χ1v) is 11.2. The molecular formula is C26H22F6N2O4. The van der Waals surface area contributed by atoms with E-state index < -0.39 is 47.8 Å². The fraction of sp³-hybridized carbons (Fsp3) is 0.231.